The van der Waals surface area contributed by atoms with Crippen LogP contribution in [0.1, 0.15) is 32.3 Å². The summed E-state index contributed by atoms with van der Waals surface area (Å²) in [6.45, 7) is 6.26. The van der Waals surface area contributed by atoms with Gasteiger partial charge in [-0.05, 0) is 31.9 Å². The monoisotopic (exact) mass is 334 g/mol. The maximum Gasteiger partial charge on any atom is 0.258 e. The maximum atomic E-state index is 12.0. The smallest absolute Gasteiger partial charge is 0.258 e. The van der Waals surface area contributed by atoms with Gasteiger partial charge in [0.2, 0.25) is 0 Å². The molecule has 21 heavy (non-hydrogen) atoms. The second-order valence-electron chi connectivity index (χ2n) is 4.89. The number of amides is 1. The summed E-state index contributed by atoms with van der Waals surface area (Å²) in [7, 11) is 0. The molecular weight excluding hydrogens is 311 g/mol. The van der Waals surface area contributed by atoms with Crippen molar-refractivity contribution >= 4 is 29.9 Å². The second kappa shape index (κ2) is 9.13. The molecule has 0 aromatic heterocycles. The van der Waals surface area contributed by atoms with Gasteiger partial charge in [-0.15, -0.1) is 12.4 Å². The van der Waals surface area contributed by atoms with Crippen molar-refractivity contribution in [1.82, 2.24) is 5.32 Å². The molecule has 0 spiro atoms. The minimum Gasteiger partial charge on any atom is -0.483 e. The number of rotatable bonds is 7. The third kappa shape index (κ3) is 5.38. The van der Waals surface area contributed by atoms with Crippen molar-refractivity contribution in [3.63, 3.8) is 0 Å². The Morgan fingerprint density at radius 2 is 2.00 bits per heavy atom. The molecule has 0 saturated heterocycles. The van der Waals surface area contributed by atoms with Gasteiger partial charge in [0.1, 0.15) is 5.75 Å². The Morgan fingerprint density at radius 1 is 1.38 bits per heavy atom. The van der Waals surface area contributed by atoms with Crippen molar-refractivity contribution < 1.29 is 9.53 Å². The molecule has 1 amide bonds. The standard InChI is InChI=1S/C15H23ClN2O2.ClH/c1-4-15(5-2,10-17)18-14(19)9-20-13-8-6-7-12(16)11(13)3;/h6-8H,4-5,9-10,17H2,1-3H3,(H,18,19);1H. The highest BCUT2D eigenvalue weighted by molar-refractivity contribution is 6.31. The van der Waals surface area contributed by atoms with Crippen LogP contribution in [0.25, 0.3) is 0 Å². The molecule has 0 aliphatic rings. The van der Waals surface area contributed by atoms with Gasteiger partial charge in [-0.25, -0.2) is 0 Å². The van der Waals surface area contributed by atoms with Crippen LogP contribution in [-0.2, 0) is 4.79 Å². The Balaban J connectivity index is 0.00000400. The van der Waals surface area contributed by atoms with E-state index in [2.05, 4.69) is 5.32 Å². The van der Waals surface area contributed by atoms with E-state index >= 15 is 0 Å². The maximum absolute atomic E-state index is 12.0. The summed E-state index contributed by atoms with van der Waals surface area (Å²) >= 11 is 6.01. The van der Waals surface area contributed by atoms with E-state index in [1.807, 2.05) is 20.8 Å². The molecule has 120 valence electrons. The average Bonchev–Trinajstić information content (AvgIpc) is 2.46. The topological polar surface area (TPSA) is 64.3 Å². The fourth-order valence-electron chi connectivity index (χ4n) is 1.99. The van der Waals surface area contributed by atoms with Crippen LogP contribution in [0.5, 0.6) is 5.75 Å². The van der Waals surface area contributed by atoms with Gasteiger partial charge in [0.25, 0.3) is 5.91 Å². The van der Waals surface area contributed by atoms with E-state index in [0.717, 1.165) is 18.4 Å². The molecule has 0 aliphatic heterocycles. The SMILES string of the molecule is CCC(CC)(CN)NC(=O)COc1cccc(Cl)c1C.Cl. The van der Waals surface area contributed by atoms with Crippen molar-refractivity contribution in [2.24, 2.45) is 5.73 Å². The summed E-state index contributed by atoms with van der Waals surface area (Å²) in [5.41, 5.74) is 6.24. The highest BCUT2D eigenvalue weighted by Crippen LogP contribution is 2.24. The van der Waals surface area contributed by atoms with E-state index < -0.39 is 0 Å². The Morgan fingerprint density at radius 3 is 2.52 bits per heavy atom. The van der Waals surface area contributed by atoms with Crippen molar-refractivity contribution in [3.8, 4) is 5.75 Å². The number of nitrogens with two attached hydrogens (primary N) is 1. The molecule has 0 unspecified atom stereocenters. The molecule has 1 rings (SSSR count). The average molecular weight is 335 g/mol. The zero-order valence-electron chi connectivity index (χ0n) is 12.7. The van der Waals surface area contributed by atoms with Gasteiger partial charge in [-0.1, -0.05) is 31.5 Å². The predicted octanol–water partition coefficient (Wildman–Crippen LogP) is 3.08. The second-order valence-corrected chi connectivity index (χ2v) is 5.30. The van der Waals surface area contributed by atoms with Gasteiger partial charge in [0.15, 0.2) is 6.61 Å². The molecule has 3 N–H and O–H groups in total. The summed E-state index contributed by atoms with van der Waals surface area (Å²) < 4.78 is 5.52. The fraction of sp³-hybridized carbons (Fsp3) is 0.533. The van der Waals surface area contributed by atoms with Gasteiger partial charge < -0.3 is 15.8 Å². The van der Waals surface area contributed by atoms with Crippen LogP contribution < -0.4 is 15.8 Å². The molecule has 6 heteroatoms. The summed E-state index contributed by atoms with van der Waals surface area (Å²) in [5.74, 6) is 0.456. The fourth-order valence-corrected chi connectivity index (χ4v) is 2.15. The minimum atomic E-state index is -0.343. The van der Waals surface area contributed by atoms with E-state index in [-0.39, 0.29) is 30.5 Å². The van der Waals surface area contributed by atoms with Crippen LogP contribution >= 0.6 is 24.0 Å². The lowest BCUT2D eigenvalue weighted by Crippen LogP contribution is -2.54. The molecule has 0 saturated carbocycles. The molecule has 0 aliphatic carbocycles. The van der Waals surface area contributed by atoms with E-state index in [4.69, 9.17) is 22.1 Å². The lowest BCUT2D eigenvalue weighted by Gasteiger charge is -2.31. The van der Waals surface area contributed by atoms with Crippen LogP contribution in [0, 0.1) is 6.92 Å². The van der Waals surface area contributed by atoms with Gasteiger partial charge in [0.05, 0.1) is 5.54 Å². The molecule has 1 aromatic rings. The highest BCUT2D eigenvalue weighted by Gasteiger charge is 2.26. The Kier molecular flexibility index (Phi) is 8.71. The molecule has 0 bridgehead atoms. The third-order valence-corrected chi connectivity index (χ3v) is 4.14. The zero-order chi connectivity index (χ0) is 15.2. The lowest BCUT2D eigenvalue weighted by atomic mass is 9.93. The largest absolute Gasteiger partial charge is 0.483 e. The quantitative estimate of drug-likeness (QED) is 0.805. The summed E-state index contributed by atoms with van der Waals surface area (Å²) in [6, 6.07) is 5.38. The number of ether oxygens (including phenoxy) is 1. The number of nitrogens with one attached hydrogen (secondary N) is 1. The Labute approximate surface area is 137 Å². The number of carbonyl (C=O) groups is 1. The number of halogens is 2. The van der Waals surface area contributed by atoms with E-state index in [1.165, 1.54) is 0 Å². The van der Waals surface area contributed by atoms with Crippen molar-refractivity contribution in [1.29, 1.82) is 0 Å². The third-order valence-electron chi connectivity index (χ3n) is 3.73. The van der Waals surface area contributed by atoms with Crippen LogP contribution in [0.3, 0.4) is 0 Å². The molecule has 0 fully saturated rings. The van der Waals surface area contributed by atoms with Crippen LogP contribution in [0.15, 0.2) is 18.2 Å². The summed E-state index contributed by atoms with van der Waals surface area (Å²) in [4.78, 5) is 12.0. The predicted molar refractivity (Wildman–Crippen MR) is 89.4 cm³/mol. The van der Waals surface area contributed by atoms with Crippen LogP contribution in [0.2, 0.25) is 5.02 Å². The van der Waals surface area contributed by atoms with E-state index in [1.54, 1.807) is 18.2 Å². The minimum absolute atomic E-state index is 0. The molecule has 0 heterocycles. The first-order chi connectivity index (χ1) is 9.48. The number of hydrogen-bond donors (Lipinski definition) is 2. The molecule has 1 aromatic carbocycles. The normalized spacial score (nSPS) is 10.7. The molecular formula is C15H24Cl2N2O2. The van der Waals surface area contributed by atoms with Crippen LogP contribution in [-0.4, -0.2) is 24.6 Å². The summed E-state index contributed by atoms with van der Waals surface area (Å²) in [6.07, 6.45) is 1.59. The van der Waals surface area contributed by atoms with Gasteiger partial charge in [-0.2, -0.15) is 0 Å². The molecule has 0 radical (unpaired) electrons. The van der Waals surface area contributed by atoms with Crippen molar-refractivity contribution in [2.45, 2.75) is 39.2 Å². The van der Waals surface area contributed by atoms with Gasteiger partial charge >= 0.3 is 0 Å². The van der Waals surface area contributed by atoms with Gasteiger partial charge in [-0.3, -0.25) is 4.79 Å². The first kappa shape index (κ1) is 20.0. The number of hydrogen-bond acceptors (Lipinski definition) is 3. The molecule has 4 nitrogen and oxygen atoms in total. The summed E-state index contributed by atoms with van der Waals surface area (Å²) in [5, 5.41) is 3.59. The van der Waals surface area contributed by atoms with E-state index in [9.17, 15) is 4.79 Å². The Hall–Kier alpha value is -0.970. The first-order valence-corrected chi connectivity index (χ1v) is 7.24. The van der Waals surface area contributed by atoms with E-state index in [0.29, 0.717) is 17.3 Å². The zero-order valence-corrected chi connectivity index (χ0v) is 14.3. The number of carbonyl (C=O) groups excluding carboxylic acids is 1. The first-order valence-electron chi connectivity index (χ1n) is 6.87. The van der Waals surface area contributed by atoms with Crippen molar-refractivity contribution in [2.75, 3.05) is 13.2 Å². The molecule has 0 atom stereocenters. The highest BCUT2D eigenvalue weighted by atomic mass is 35.5. The number of benzene rings is 1. The van der Waals surface area contributed by atoms with Crippen LogP contribution in [0.4, 0.5) is 0 Å². The van der Waals surface area contributed by atoms with Crippen molar-refractivity contribution in [3.05, 3.63) is 28.8 Å². The lowest BCUT2D eigenvalue weighted by molar-refractivity contribution is -0.125. The Bertz CT molecular complexity index is 455. The van der Waals surface area contributed by atoms with Gasteiger partial charge in [0, 0.05) is 17.1 Å².